The third-order valence-corrected chi connectivity index (χ3v) is 2.77. The van der Waals surface area contributed by atoms with Crippen molar-refractivity contribution in [3.8, 4) is 11.8 Å². The van der Waals surface area contributed by atoms with Gasteiger partial charge in [-0.2, -0.15) is 5.26 Å². The molecule has 1 N–H and O–H groups in total. The first kappa shape index (κ1) is 14.8. The molecule has 21 heavy (non-hydrogen) atoms. The molecule has 0 unspecified atom stereocenters. The van der Waals surface area contributed by atoms with Gasteiger partial charge in [0.15, 0.2) is 6.61 Å². The molecule has 0 spiro atoms. The van der Waals surface area contributed by atoms with E-state index < -0.39 is 11.7 Å². The molecule has 6 heteroatoms. The van der Waals surface area contributed by atoms with Crippen LogP contribution in [0.5, 0.6) is 5.75 Å². The number of benzene rings is 2. The minimum atomic E-state index is -0.584. The smallest absolute Gasteiger partial charge is 0.262 e. The molecule has 0 aromatic heterocycles. The number of carbonyl (C=O) groups is 1. The molecule has 0 aliphatic heterocycles. The van der Waals surface area contributed by atoms with Crippen LogP contribution in [0.4, 0.5) is 10.1 Å². The van der Waals surface area contributed by atoms with Gasteiger partial charge in [-0.05, 0) is 36.4 Å². The van der Waals surface area contributed by atoms with Crippen LogP contribution in [-0.4, -0.2) is 12.5 Å². The van der Waals surface area contributed by atoms with E-state index in [0.717, 1.165) is 6.07 Å². The minimum absolute atomic E-state index is 0.0122. The maximum atomic E-state index is 13.4. The van der Waals surface area contributed by atoms with Crippen LogP contribution in [0, 0.1) is 17.1 Å². The van der Waals surface area contributed by atoms with Crippen molar-refractivity contribution >= 4 is 23.2 Å². The maximum Gasteiger partial charge on any atom is 0.262 e. The second-order valence-corrected chi connectivity index (χ2v) is 4.54. The van der Waals surface area contributed by atoms with Crippen LogP contribution < -0.4 is 10.1 Å². The summed E-state index contributed by atoms with van der Waals surface area (Å²) in [6.45, 7) is -0.305. The second kappa shape index (κ2) is 6.73. The predicted octanol–water partition coefficient (Wildman–Crippen LogP) is 3.37. The number of nitrogens with one attached hydrogen (secondary N) is 1. The number of nitriles is 1. The Morgan fingerprint density at radius 3 is 2.90 bits per heavy atom. The van der Waals surface area contributed by atoms with Crippen LogP contribution in [0.2, 0.25) is 5.02 Å². The van der Waals surface area contributed by atoms with Gasteiger partial charge in [0, 0.05) is 5.02 Å². The van der Waals surface area contributed by atoms with Gasteiger partial charge in [-0.15, -0.1) is 0 Å². The molecule has 0 atom stereocenters. The van der Waals surface area contributed by atoms with Gasteiger partial charge in [0.25, 0.3) is 5.91 Å². The number of rotatable bonds is 4. The summed E-state index contributed by atoms with van der Waals surface area (Å²) in [5.41, 5.74) is 0.413. The van der Waals surface area contributed by atoms with E-state index in [-0.39, 0.29) is 12.3 Å². The number of hydrogen-bond donors (Lipinski definition) is 1. The lowest BCUT2D eigenvalue weighted by molar-refractivity contribution is -0.118. The summed E-state index contributed by atoms with van der Waals surface area (Å²) in [5.74, 6) is -0.728. The first-order valence-corrected chi connectivity index (χ1v) is 6.34. The van der Waals surface area contributed by atoms with Crippen molar-refractivity contribution in [2.75, 3.05) is 11.9 Å². The van der Waals surface area contributed by atoms with Crippen molar-refractivity contribution in [2.45, 2.75) is 0 Å². The lowest BCUT2D eigenvalue weighted by atomic mass is 10.2. The fraction of sp³-hybridized carbons (Fsp3) is 0.0667. The summed E-state index contributed by atoms with van der Waals surface area (Å²) in [4.78, 5) is 11.7. The van der Waals surface area contributed by atoms with E-state index in [4.69, 9.17) is 21.6 Å². The highest BCUT2D eigenvalue weighted by atomic mass is 35.5. The van der Waals surface area contributed by atoms with Gasteiger partial charge in [-0.1, -0.05) is 17.7 Å². The molecular weight excluding hydrogens is 295 g/mol. The molecule has 0 aliphatic carbocycles. The number of carbonyl (C=O) groups excluding carboxylic acids is 1. The normalized spacial score (nSPS) is 9.76. The third-order valence-electron chi connectivity index (χ3n) is 2.54. The van der Waals surface area contributed by atoms with E-state index in [1.54, 1.807) is 18.2 Å². The number of hydrogen-bond acceptors (Lipinski definition) is 3. The molecule has 106 valence electrons. The zero-order valence-corrected chi connectivity index (χ0v) is 11.5. The molecule has 2 aromatic rings. The number of amides is 1. The summed E-state index contributed by atoms with van der Waals surface area (Å²) in [6.07, 6.45) is 0. The zero-order chi connectivity index (χ0) is 15.2. The van der Waals surface area contributed by atoms with E-state index >= 15 is 0 Å². The molecule has 0 heterocycles. The molecule has 0 fully saturated rings. The molecule has 1 amide bonds. The number of ether oxygens (including phenoxy) is 1. The summed E-state index contributed by atoms with van der Waals surface area (Å²) in [6, 6.07) is 12.2. The van der Waals surface area contributed by atoms with Crippen LogP contribution in [0.15, 0.2) is 42.5 Å². The Bertz CT molecular complexity index is 713. The Morgan fingerprint density at radius 1 is 1.33 bits per heavy atom. The Morgan fingerprint density at radius 2 is 2.14 bits per heavy atom. The largest absolute Gasteiger partial charge is 0.484 e. The highest BCUT2D eigenvalue weighted by molar-refractivity contribution is 6.30. The van der Waals surface area contributed by atoms with Crippen molar-refractivity contribution in [3.05, 3.63) is 58.9 Å². The average molecular weight is 305 g/mol. The van der Waals surface area contributed by atoms with Crippen LogP contribution in [0.25, 0.3) is 0 Å². The lowest BCUT2D eigenvalue weighted by Gasteiger charge is -2.08. The van der Waals surface area contributed by atoms with Crippen LogP contribution in [-0.2, 0) is 4.79 Å². The average Bonchev–Trinajstić information content (AvgIpc) is 2.49. The highest BCUT2D eigenvalue weighted by Crippen LogP contribution is 2.19. The van der Waals surface area contributed by atoms with E-state index in [0.29, 0.717) is 16.3 Å². The van der Waals surface area contributed by atoms with Gasteiger partial charge in [0.2, 0.25) is 0 Å². The molecular formula is C15H10ClFN2O2. The van der Waals surface area contributed by atoms with Gasteiger partial charge in [0.05, 0.1) is 17.3 Å². The monoisotopic (exact) mass is 304 g/mol. The molecule has 2 rings (SSSR count). The first-order valence-electron chi connectivity index (χ1n) is 5.96. The Kier molecular flexibility index (Phi) is 4.75. The lowest BCUT2D eigenvalue weighted by Crippen LogP contribution is -2.20. The summed E-state index contributed by atoms with van der Waals surface area (Å²) >= 11 is 5.73. The quantitative estimate of drug-likeness (QED) is 0.942. The van der Waals surface area contributed by atoms with Crippen LogP contribution >= 0.6 is 11.6 Å². The number of halogens is 2. The topological polar surface area (TPSA) is 62.1 Å². The molecule has 4 nitrogen and oxygen atoms in total. The molecule has 0 saturated heterocycles. The molecule has 0 aliphatic rings. The zero-order valence-electron chi connectivity index (χ0n) is 10.8. The van der Waals surface area contributed by atoms with Crippen molar-refractivity contribution in [2.24, 2.45) is 0 Å². The van der Waals surface area contributed by atoms with Gasteiger partial charge >= 0.3 is 0 Å². The Labute approximate surface area is 125 Å². The van der Waals surface area contributed by atoms with Crippen molar-refractivity contribution in [3.63, 3.8) is 0 Å². The Balaban J connectivity index is 1.96. The molecule has 0 radical (unpaired) electrons. The van der Waals surface area contributed by atoms with E-state index in [1.807, 2.05) is 6.07 Å². The van der Waals surface area contributed by atoms with Crippen LogP contribution in [0.3, 0.4) is 0 Å². The van der Waals surface area contributed by atoms with E-state index in [2.05, 4.69) is 5.32 Å². The summed E-state index contributed by atoms with van der Waals surface area (Å²) < 4.78 is 18.7. The molecule has 0 saturated carbocycles. The van der Waals surface area contributed by atoms with Crippen molar-refractivity contribution in [1.82, 2.24) is 0 Å². The molecule has 2 aromatic carbocycles. The minimum Gasteiger partial charge on any atom is -0.484 e. The summed E-state index contributed by atoms with van der Waals surface area (Å²) in [7, 11) is 0. The highest BCUT2D eigenvalue weighted by Gasteiger charge is 2.08. The fourth-order valence-electron chi connectivity index (χ4n) is 1.58. The van der Waals surface area contributed by atoms with Gasteiger partial charge in [0.1, 0.15) is 11.6 Å². The maximum absolute atomic E-state index is 13.4. The SMILES string of the molecule is N#Cc1cccc(OCC(=O)Nc2cc(Cl)ccc2F)c1. The number of nitrogens with zero attached hydrogens (tertiary/aromatic N) is 1. The standard InChI is InChI=1S/C15H10ClFN2O2/c16-11-4-5-13(17)14(7-11)19-15(20)9-21-12-3-1-2-10(6-12)8-18/h1-7H,9H2,(H,19,20). The molecule has 0 bridgehead atoms. The van der Waals surface area contributed by atoms with E-state index in [1.165, 1.54) is 18.2 Å². The Hall–Kier alpha value is -2.58. The first-order chi connectivity index (χ1) is 10.1. The van der Waals surface area contributed by atoms with Gasteiger partial charge in [-0.3, -0.25) is 4.79 Å². The van der Waals surface area contributed by atoms with Crippen molar-refractivity contribution < 1.29 is 13.9 Å². The van der Waals surface area contributed by atoms with Gasteiger partial charge in [-0.25, -0.2) is 4.39 Å². The second-order valence-electron chi connectivity index (χ2n) is 4.10. The summed E-state index contributed by atoms with van der Waals surface area (Å²) in [5, 5.41) is 11.4. The number of anilines is 1. The van der Waals surface area contributed by atoms with Crippen LogP contribution in [0.1, 0.15) is 5.56 Å². The van der Waals surface area contributed by atoms with Crippen molar-refractivity contribution in [1.29, 1.82) is 5.26 Å². The fourth-order valence-corrected chi connectivity index (χ4v) is 1.76. The van der Waals surface area contributed by atoms with Gasteiger partial charge < -0.3 is 10.1 Å². The predicted molar refractivity (Wildman–Crippen MR) is 76.7 cm³/mol. The third kappa shape index (κ3) is 4.20. The van der Waals surface area contributed by atoms with E-state index in [9.17, 15) is 9.18 Å².